The van der Waals surface area contributed by atoms with Crippen LogP contribution >= 0.6 is 0 Å². The van der Waals surface area contributed by atoms with Crippen molar-refractivity contribution in [2.45, 2.75) is 44.6 Å². The van der Waals surface area contributed by atoms with Gasteiger partial charge >= 0.3 is 0 Å². The van der Waals surface area contributed by atoms with Crippen LogP contribution in [0.25, 0.3) is 11.1 Å². The summed E-state index contributed by atoms with van der Waals surface area (Å²) in [5.41, 5.74) is 14.1. The molecule has 1 aromatic carbocycles. The van der Waals surface area contributed by atoms with Crippen molar-refractivity contribution in [3.05, 3.63) is 41.7 Å². The number of nitrogens with two attached hydrogens (primary N) is 2. The number of rotatable bonds is 4. The van der Waals surface area contributed by atoms with Gasteiger partial charge in [0.2, 0.25) is 17.8 Å². The highest BCUT2D eigenvalue weighted by atomic mass is 16.2. The molecule has 7 heteroatoms. The molecule has 1 atom stereocenters. The average Bonchev–Trinajstić information content (AvgIpc) is 3.39. The van der Waals surface area contributed by atoms with Gasteiger partial charge in [-0.15, -0.1) is 0 Å². The number of aromatic nitrogens is 2. The minimum absolute atomic E-state index is 0.120. The van der Waals surface area contributed by atoms with Crippen molar-refractivity contribution in [3.63, 3.8) is 0 Å². The number of anilines is 1. The predicted octanol–water partition coefficient (Wildman–Crippen LogP) is 2.68. The summed E-state index contributed by atoms with van der Waals surface area (Å²) in [6.45, 7) is 0.741. The standard InChI is InChI=1S/C21H25N5O2/c22-19(27)15-8-3-7-14(11-15)16-12-24-21(23)25-18(16)17-9-4-10-26(17)20(28)13-5-1-2-6-13/h3,7-8,11-13,17H,1-2,4-6,9-10H2,(H2,22,27)(H2,23,24,25). The first-order valence-electron chi connectivity index (χ1n) is 9.87. The van der Waals surface area contributed by atoms with Gasteiger partial charge in [0.25, 0.3) is 0 Å². The molecular formula is C21H25N5O2. The van der Waals surface area contributed by atoms with E-state index in [0.29, 0.717) is 5.56 Å². The van der Waals surface area contributed by atoms with Crippen molar-refractivity contribution in [2.24, 2.45) is 11.7 Å². The largest absolute Gasteiger partial charge is 0.368 e. The molecule has 0 bridgehead atoms. The monoisotopic (exact) mass is 379 g/mol. The number of carbonyl (C=O) groups excluding carboxylic acids is 2. The van der Waals surface area contributed by atoms with Gasteiger partial charge in [-0.25, -0.2) is 9.97 Å². The first-order chi connectivity index (χ1) is 13.5. The molecule has 0 radical (unpaired) electrons. The summed E-state index contributed by atoms with van der Waals surface area (Å²) in [6, 6.07) is 6.97. The third-order valence-electron chi connectivity index (χ3n) is 5.85. The minimum Gasteiger partial charge on any atom is -0.368 e. The Balaban J connectivity index is 1.73. The Kier molecular flexibility index (Phi) is 4.98. The van der Waals surface area contributed by atoms with E-state index in [1.807, 2.05) is 11.0 Å². The normalized spacial score (nSPS) is 19.9. The number of primary amides is 1. The molecule has 1 aliphatic carbocycles. The summed E-state index contributed by atoms with van der Waals surface area (Å²) in [4.78, 5) is 35.3. The van der Waals surface area contributed by atoms with Gasteiger partial charge in [-0.2, -0.15) is 0 Å². The van der Waals surface area contributed by atoms with Crippen molar-refractivity contribution in [1.29, 1.82) is 0 Å². The van der Waals surface area contributed by atoms with Crippen molar-refractivity contribution < 1.29 is 9.59 Å². The van der Waals surface area contributed by atoms with Crippen molar-refractivity contribution >= 4 is 17.8 Å². The lowest BCUT2D eigenvalue weighted by Crippen LogP contribution is -2.35. The molecule has 2 aromatic rings. The number of amides is 2. The zero-order chi connectivity index (χ0) is 19.7. The maximum absolute atomic E-state index is 13.1. The van der Waals surface area contributed by atoms with Crippen molar-refractivity contribution in [1.82, 2.24) is 14.9 Å². The Morgan fingerprint density at radius 2 is 1.89 bits per heavy atom. The van der Waals surface area contributed by atoms with Crippen molar-refractivity contribution in [3.8, 4) is 11.1 Å². The van der Waals surface area contributed by atoms with Gasteiger partial charge in [0.15, 0.2) is 0 Å². The molecule has 1 saturated carbocycles. The van der Waals surface area contributed by atoms with Crippen LogP contribution < -0.4 is 11.5 Å². The summed E-state index contributed by atoms with van der Waals surface area (Å²) >= 11 is 0. The Morgan fingerprint density at radius 1 is 1.11 bits per heavy atom. The first kappa shape index (κ1) is 18.4. The molecule has 146 valence electrons. The highest BCUT2D eigenvalue weighted by molar-refractivity contribution is 5.94. The van der Waals surface area contributed by atoms with E-state index in [-0.39, 0.29) is 23.8 Å². The van der Waals surface area contributed by atoms with E-state index < -0.39 is 5.91 Å². The summed E-state index contributed by atoms with van der Waals surface area (Å²) in [6.07, 6.45) is 7.66. The minimum atomic E-state index is -0.487. The van der Waals surface area contributed by atoms with E-state index in [1.165, 1.54) is 0 Å². The van der Waals surface area contributed by atoms with E-state index in [9.17, 15) is 9.59 Å². The fourth-order valence-electron chi connectivity index (χ4n) is 4.45. The van der Waals surface area contributed by atoms with E-state index in [1.54, 1.807) is 24.4 Å². The zero-order valence-corrected chi connectivity index (χ0v) is 15.8. The molecule has 2 aliphatic rings. The van der Waals surface area contributed by atoms with Gasteiger partial charge in [0.1, 0.15) is 0 Å². The van der Waals surface area contributed by atoms with Crippen LogP contribution in [0.5, 0.6) is 0 Å². The summed E-state index contributed by atoms with van der Waals surface area (Å²) in [7, 11) is 0. The summed E-state index contributed by atoms with van der Waals surface area (Å²) < 4.78 is 0. The Hall–Kier alpha value is -2.96. The highest BCUT2D eigenvalue weighted by Crippen LogP contribution is 2.39. The van der Waals surface area contributed by atoms with Gasteiger partial charge < -0.3 is 16.4 Å². The highest BCUT2D eigenvalue weighted by Gasteiger charge is 2.37. The fourth-order valence-corrected chi connectivity index (χ4v) is 4.45. The van der Waals surface area contributed by atoms with Gasteiger partial charge in [0.05, 0.1) is 11.7 Å². The van der Waals surface area contributed by atoms with Crippen LogP contribution in [0.2, 0.25) is 0 Å². The average molecular weight is 379 g/mol. The van der Waals surface area contributed by atoms with Crippen LogP contribution in [0.1, 0.15) is 60.6 Å². The molecule has 1 aromatic heterocycles. The summed E-state index contributed by atoms with van der Waals surface area (Å²) in [5, 5.41) is 0. The third kappa shape index (κ3) is 3.44. The van der Waals surface area contributed by atoms with Crippen LogP contribution in [0.3, 0.4) is 0 Å². The number of nitrogens with zero attached hydrogens (tertiary/aromatic N) is 3. The number of hydrogen-bond acceptors (Lipinski definition) is 5. The quantitative estimate of drug-likeness (QED) is 0.847. The van der Waals surface area contributed by atoms with Crippen LogP contribution in [-0.4, -0.2) is 33.2 Å². The molecule has 4 rings (SSSR count). The van der Waals surface area contributed by atoms with Crippen molar-refractivity contribution in [2.75, 3.05) is 12.3 Å². The molecule has 7 nitrogen and oxygen atoms in total. The maximum atomic E-state index is 13.1. The Bertz CT molecular complexity index is 907. The lowest BCUT2D eigenvalue weighted by molar-refractivity contribution is -0.136. The van der Waals surface area contributed by atoms with Gasteiger partial charge in [-0.3, -0.25) is 9.59 Å². The SMILES string of the molecule is NC(=O)c1cccc(-c2cnc(N)nc2C2CCCN2C(=O)C2CCCC2)c1. The number of carbonyl (C=O) groups is 2. The van der Waals surface area contributed by atoms with E-state index >= 15 is 0 Å². The number of benzene rings is 1. The Morgan fingerprint density at radius 3 is 2.64 bits per heavy atom. The molecule has 0 spiro atoms. The number of nitrogen functional groups attached to an aromatic ring is 1. The smallest absolute Gasteiger partial charge is 0.248 e. The molecule has 1 saturated heterocycles. The van der Waals surface area contributed by atoms with Crippen LogP contribution in [0.15, 0.2) is 30.5 Å². The fraction of sp³-hybridized carbons (Fsp3) is 0.429. The topological polar surface area (TPSA) is 115 Å². The molecule has 1 aliphatic heterocycles. The Labute approximate surface area is 164 Å². The predicted molar refractivity (Wildman–Crippen MR) is 106 cm³/mol. The molecule has 1 unspecified atom stereocenters. The van der Waals surface area contributed by atoms with Gasteiger partial charge in [0, 0.05) is 29.8 Å². The maximum Gasteiger partial charge on any atom is 0.248 e. The molecule has 2 heterocycles. The van der Waals surface area contributed by atoms with Crippen LogP contribution in [0, 0.1) is 5.92 Å². The zero-order valence-electron chi connectivity index (χ0n) is 15.8. The number of hydrogen-bond donors (Lipinski definition) is 2. The molecule has 2 fully saturated rings. The third-order valence-corrected chi connectivity index (χ3v) is 5.85. The lowest BCUT2D eigenvalue weighted by atomic mass is 9.97. The van der Waals surface area contributed by atoms with Gasteiger partial charge in [-0.05, 0) is 43.4 Å². The van der Waals surface area contributed by atoms with E-state index in [4.69, 9.17) is 11.5 Å². The van der Waals surface area contributed by atoms with Crippen LogP contribution in [-0.2, 0) is 4.79 Å². The van der Waals surface area contributed by atoms with E-state index in [2.05, 4.69) is 9.97 Å². The molecule has 2 amide bonds. The molecule has 28 heavy (non-hydrogen) atoms. The van der Waals surface area contributed by atoms with E-state index in [0.717, 1.165) is 61.9 Å². The van der Waals surface area contributed by atoms with Gasteiger partial charge in [-0.1, -0.05) is 25.0 Å². The first-order valence-corrected chi connectivity index (χ1v) is 9.87. The number of likely N-dealkylation sites (tertiary alicyclic amines) is 1. The second-order valence-corrected chi connectivity index (χ2v) is 7.64. The van der Waals surface area contributed by atoms with Crippen LogP contribution in [0.4, 0.5) is 5.95 Å². The molecular weight excluding hydrogens is 354 g/mol. The summed E-state index contributed by atoms with van der Waals surface area (Å²) in [5.74, 6) is 0.0547. The molecule has 4 N–H and O–H groups in total. The second kappa shape index (κ2) is 7.58. The lowest BCUT2D eigenvalue weighted by Gasteiger charge is -2.28. The second-order valence-electron chi connectivity index (χ2n) is 7.64.